The van der Waals surface area contributed by atoms with E-state index in [-0.39, 0.29) is 33.8 Å². The number of aliphatic hydroxyl groups is 4. The van der Waals surface area contributed by atoms with Crippen molar-refractivity contribution in [1.29, 1.82) is 0 Å². The fourth-order valence-corrected chi connectivity index (χ4v) is 3.43. The molecule has 5 atom stereocenters. The number of hydrogen-bond donors (Lipinski definition) is 7. The molecule has 1 aromatic heterocycles. The van der Waals surface area contributed by atoms with E-state index in [0.29, 0.717) is 0 Å². The van der Waals surface area contributed by atoms with Crippen molar-refractivity contribution in [1.82, 2.24) is 0 Å². The average molecular weight is 448 g/mol. The van der Waals surface area contributed by atoms with Gasteiger partial charge in [0, 0.05) is 23.8 Å². The van der Waals surface area contributed by atoms with Crippen LogP contribution >= 0.6 is 0 Å². The van der Waals surface area contributed by atoms with Gasteiger partial charge in [0.1, 0.15) is 52.6 Å². The van der Waals surface area contributed by atoms with Gasteiger partial charge in [0.25, 0.3) is 0 Å². The molecule has 0 saturated carbocycles. The Morgan fingerprint density at radius 3 is 2.31 bits per heavy atom. The third-order valence-corrected chi connectivity index (χ3v) is 5.14. The Morgan fingerprint density at radius 2 is 1.62 bits per heavy atom. The minimum atomic E-state index is -1.68. The molecule has 0 aliphatic carbocycles. The maximum absolute atomic E-state index is 12.5. The van der Waals surface area contributed by atoms with Crippen LogP contribution in [0.2, 0.25) is 0 Å². The zero-order chi connectivity index (χ0) is 23.2. The molecular formula is C21H20O11. The van der Waals surface area contributed by atoms with E-state index < -0.39 is 54.2 Å². The molecule has 4 rings (SSSR count). The maximum Gasteiger partial charge on any atom is 0.229 e. The summed E-state index contributed by atoms with van der Waals surface area (Å²) in [5.41, 5.74) is -0.413. The summed E-state index contributed by atoms with van der Waals surface area (Å²) in [6, 6.07) is 7.23. The van der Waals surface area contributed by atoms with Crippen LogP contribution in [-0.4, -0.2) is 73.1 Å². The monoisotopic (exact) mass is 448 g/mol. The minimum absolute atomic E-state index is 0.0298. The Kier molecular flexibility index (Phi) is 5.67. The van der Waals surface area contributed by atoms with Gasteiger partial charge in [-0.2, -0.15) is 0 Å². The largest absolute Gasteiger partial charge is 0.507 e. The Balaban J connectivity index is 1.72. The van der Waals surface area contributed by atoms with Crippen molar-refractivity contribution >= 4 is 11.0 Å². The van der Waals surface area contributed by atoms with Gasteiger partial charge in [0.15, 0.2) is 16.9 Å². The first-order valence-corrected chi connectivity index (χ1v) is 9.50. The summed E-state index contributed by atoms with van der Waals surface area (Å²) in [4.78, 5) is 12.5. The van der Waals surface area contributed by atoms with Gasteiger partial charge in [-0.1, -0.05) is 0 Å². The average Bonchev–Trinajstić information content (AvgIpc) is 2.75. The predicted octanol–water partition coefficient (Wildman–Crippen LogP) is -0.245. The van der Waals surface area contributed by atoms with Gasteiger partial charge in [0.05, 0.1) is 6.61 Å². The molecule has 11 nitrogen and oxygen atoms in total. The van der Waals surface area contributed by atoms with Crippen LogP contribution in [0.1, 0.15) is 0 Å². The number of hydrogen-bond acceptors (Lipinski definition) is 11. The van der Waals surface area contributed by atoms with E-state index in [9.17, 15) is 40.5 Å². The second kappa shape index (κ2) is 8.30. The van der Waals surface area contributed by atoms with Crippen molar-refractivity contribution in [3.63, 3.8) is 0 Å². The Bertz CT molecular complexity index is 1200. The predicted molar refractivity (Wildman–Crippen MR) is 107 cm³/mol. The summed E-state index contributed by atoms with van der Waals surface area (Å²) >= 11 is 0. The molecule has 0 spiro atoms. The van der Waals surface area contributed by atoms with Crippen molar-refractivity contribution in [2.45, 2.75) is 30.7 Å². The molecule has 1 aliphatic heterocycles. The zero-order valence-electron chi connectivity index (χ0n) is 16.3. The summed E-state index contributed by atoms with van der Waals surface area (Å²) in [7, 11) is 0. The van der Waals surface area contributed by atoms with E-state index in [4.69, 9.17) is 13.9 Å². The summed E-state index contributed by atoms with van der Waals surface area (Å²) in [6.07, 6.45) is -7.61. The highest BCUT2D eigenvalue weighted by molar-refractivity contribution is 5.86. The van der Waals surface area contributed by atoms with E-state index in [1.165, 1.54) is 24.3 Å². The second-order valence-corrected chi connectivity index (χ2v) is 7.31. The first-order valence-electron chi connectivity index (χ1n) is 9.50. The third-order valence-electron chi connectivity index (χ3n) is 5.14. The Hall–Kier alpha value is -3.35. The lowest BCUT2D eigenvalue weighted by Crippen LogP contribution is -2.60. The number of aliphatic hydroxyl groups excluding tert-OH is 4. The van der Waals surface area contributed by atoms with Gasteiger partial charge >= 0.3 is 0 Å². The van der Waals surface area contributed by atoms with Crippen LogP contribution in [0, 0.1) is 0 Å². The Labute approximate surface area is 179 Å². The fraction of sp³-hybridized carbons (Fsp3) is 0.286. The SMILES string of the molecule is O=c1cc(-c2ccc(O)c(O)c2)oc2cc(O[C@@H]3O[C@H](CO)[C@H](O)[C@@H](O)[C@H]3O)cc(O)c12. The van der Waals surface area contributed by atoms with E-state index in [1.807, 2.05) is 0 Å². The molecule has 0 unspecified atom stereocenters. The molecule has 0 amide bonds. The number of benzene rings is 2. The van der Waals surface area contributed by atoms with Crippen molar-refractivity contribution in [2.24, 2.45) is 0 Å². The van der Waals surface area contributed by atoms with Crippen LogP contribution in [0.25, 0.3) is 22.3 Å². The van der Waals surface area contributed by atoms with Gasteiger partial charge in [-0.25, -0.2) is 0 Å². The van der Waals surface area contributed by atoms with Gasteiger partial charge < -0.3 is 49.6 Å². The Morgan fingerprint density at radius 1 is 0.875 bits per heavy atom. The molecule has 32 heavy (non-hydrogen) atoms. The number of ether oxygens (including phenoxy) is 2. The van der Waals surface area contributed by atoms with Crippen molar-refractivity contribution in [3.8, 4) is 34.3 Å². The number of fused-ring (bicyclic) bond motifs is 1. The van der Waals surface area contributed by atoms with E-state index in [2.05, 4.69) is 0 Å². The summed E-state index contributed by atoms with van der Waals surface area (Å²) in [5, 5.41) is 68.5. The van der Waals surface area contributed by atoms with Crippen LogP contribution < -0.4 is 10.2 Å². The van der Waals surface area contributed by atoms with Crippen LogP contribution in [-0.2, 0) is 4.74 Å². The normalized spacial score (nSPS) is 25.7. The van der Waals surface area contributed by atoms with E-state index >= 15 is 0 Å². The number of rotatable bonds is 4. The molecule has 2 heterocycles. The number of phenols is 3. The van der Waals surface area contributed by atoms with Crippen molar-refractivity contribution in [2.75, 3.05) is 6.61 Å². The zero-order valence-corrected chi connectivity index (χ0v) is 16.3. The third kappa shape index (κ3) is 3.83. The molecule has 7 N–H and O–H groups in total. The quantitative estimate of drug-likeness (QED) is 0.261. The molecule has 170 valence electrons. The molecule has 1 aliphatic rings. The lowest BCUT2D eigenvalue weighted by molar-refractivity contribution is -0.277. The highest BCUT2D eigenvalue weighted by Crippen LogP contribution is 2.35. The lowest BCUT2D eigenvalue weighted by Gasteiger charge is -2.39. The molecule has 3 aromatic rings. The highest BCUT2D eigenvalue weighted by atomic mass is 16.7. The molecule has 0 bridgehead atoms. The summed E-state index contributed by atoms with van der Waals surface area (Å²) in [6.45, 7) is -0.647. The lowest BCUT2D eigenvalue weighted by atomic mass is 9.99. The standard InChI is InChI=1S/C21H20O11/c22-7-16-18(27)19(28)20(29)21(32-16)30-9-4-12(25)17-13(26)6-14(31-15(17)5-9)8-1-2-10(23)11(24)3-8/h1-6,16,18-25,27-29H,7H2/t16-,18+,19-,20-,21-/m1/s1. The molecule has 11 heteroatoms. The summed E-state index contributed by atoms with van der Waals surface area (Å²) < 4.78 is 16.4. The first-order chi connectivity index (χ1) is 15.2. The van der Waals surface area contributed by atoms with E-state index in [0.717, 1.165) is 12.1 Å². The van der Waals surface area contributed by atoms with Crippen LogP contribution in [0.15, 0.2) is 45.6 Å². The van der Waals surface area contributed by atoms with Gasteiger partial charge in [-0.3, -0.25) is 4.79 Å². The molecule has 2 aromatic carbocycles. The molecule has 1 fully saturated rings. The molecular weight excluding hydrogens is 428 g/mol. The second-order valence-electron chi connectivity index (χ2n) is 7.31. The van der Waals surface area contributed by atoms with Crippen LogP contribution in [0.4, 0.5) is 0 Å². The smallest absolute Gasteiger partial charge is 0.229 e. The molecule has 1 saturated heterocycles. The maximum atomic E-state index is 12.5. The topological polar surface area (TPSA) is 190 Å². The van der Waals surface area contributed by atoms with Gasteiger partial charge in [0.2, 0.25) is 6.29 Å². The molecule has 0 radical (unpaired) electrons. The highest BCUT2D eigenvalue weighted by Gasteiger charge is 2.44. The van der Waals surface area contributed by atoms with Crippen molar-refractivity contribution < 1.29 is 49.6 Å². The first kappa shape index (κ1) is 21.9. The number of phenolic OH excluding ortho intramolecular Hbond substituents is 3. The number of aromatic hydroxyl groups is 3. The van der Waals surface area contributed by atoms with Crippen LogP contribution in [0.3, 0.4) is 0 Å². The minimum Gasteiger partial charge on any atom is -0.507 e. The van der Waals surface area contributed by atoms with E-state index in [1.54, 1.807) is 0 Å². The van der Waals surface area contributed by atoms with Gasteiger partial charge in [-0.05, 0) is 18.2 Å². The van der Waals surface area contributed by atoms with Crippen LogP contribution in [0.5, 0.6) is 23.0 Å². The van der Waals surface area contributed by atoms with Gasteiger partial charge in [-0.15, -0.1) is 0 Å². The van der Waals surface area contributed by atoms with Crippen molar-refractivity contribution in [3.05, 3.63) is 46.6 Å². The fourth-order valence-electron chi connectivity index (χ4n) is 3.43. The summed E-state index contributed by atoms with van der Waals surface area (Å²) in [5.74, 6) is -1.34.